The van der Waals surface area contributed by atoms with Gasteiger partial charge in [0.25, 0.3) is 5.91 Å². The Morgan fingerprint density at radius 3 is 2.59 bits per heavy atom. The molecule has 3 rings (SSSR count). The first kappa shape index (κ1) is 21.2. The van der Waals surface area contributed by atoms with Crippen LogP contribution in [0.1, 0.15) is 55.3 Å². The maximum atomic E-state index is 12.4. The van der Waals surface area contributed by atoms with Crippen molar-refractivity contribution < 1.29 is 13.9 Å². The van der Waals surface area contributed by atoms with Crippen molar-refractivity contribution in [1.29, 1.82) is 0 Å². The van der Waals surface area contributed by atoms with E-state index in [9.17, 15) is 4.79 Å². The summed E-state index contributed by atoms with van der Waals surface area (Å²) in [4.78, 5) is 12.4. The Hall–Kier alpha value is -2.54. The molecule has 0 fully saturated rings. The van der Waals surface area contributed by atoms with Crippen LogP contribution in [0.3, 0.4) is 0 Å². The van der Waals surface area contributed by atoms with E-state index in [0.717, 1.165) is 22.5 Å². The summed E-state index contributed by atoms with van der Waals surface area (Å²) >= 11 is 3.45. The highest BCUT2D eigenvalue weighted by Crippen LogP contribution is 2.24. The quantitative estimate of drug-likeness (QED) is 0.535. The van der Waals surface area contributed by atoms with Crippen LogP contribution in [-0.2, 0) is 25.1 Å². The highest BCUT2D eigenvalue weighted by Gasteiger charge is 2.15. The van der Waals surface area contributed by atoms with Crippen LogP contribution in [0.15, 0.2) is 51.5 Å². The molecule has 0 aliphatic heterocycles. The number of rotatable bonds is 7. The van der Waals surface area contributed by atoms with Crippen LogP contribution in [0.2, 0.25) is 0 Å². The molecule has 29 heavy (non-hydrogen) atoms. The largest absolute Gasteiger partial charge is 0.486 e. The molecule has 154 valence electrons. The summed E-state index contributed by atoms with van der Waals surface area (Å²) in [6.45, 7) is 9.87. The van der Waals surface area contributed by atoms with Crippen LogP contribution >= 0.6 is 15.9 Å². The number of aromatic nitrogens is 2. The van der Waals surface area contributed by atoms with Gasteiger partial charge in [-0.25, -0.2) is 0 Å². The predicted molar refractivity (Wildman–Crippen MR) is 115 cm³/mol. The lowest BCUT2D eigenvalue weighted by Crippen LogP contribution is -2.24. The Bertz CT molecular complexity index is 968. The molecule has 0 spiro atoms. The van der Waals surface area contributed by atoms with Crippen molar-refractivity contribution in [3.63, 3.8) is 0 Å². The van der Waals surface area contributed by atoms with Crippen LogP contribution < -0.4 is 10.1 Å². The van der Waals surface area contributed by atoms with Crippen LogP contribution in [-0.4, -0.2) is 15.7 Å². The summed E-state index contributed by atoms with van der Waals surface area (Å²) < 4.78 is 14.1. The summed E-state index contributed by atoms with van der Waals surface area (Å²) in [5, 5.41) is 7.10. The number of hydrogen-bond donors (Lipinski definition) is 1. The molecule has 3 aromatic rings. The first-order valence-corrected chi connectivity index (χ1v) is 10.4. The summed E-state index contributed by atoms with van der Waals surface area (Å²) in [5.41, 5.74) is 2.26. The minimum absolute atomic E-state index is 0.103. The number of halogens is 1. The number of amides is 1. The molecule has 7 heteroatoms. The Morgan fingerprint density at radius 2 is 1.93 bits per heavy atom. The minimum atomic E-state index is -0.276. The molecular weight excluding hydrogens is 434 g/mol. The molecule has 1 N–H and O–H groups in total. The number of hydrogen-bond acceptors (Lipinski definition) is 4. The molecule has 0 aliphatic carbocycles. The SMILES string of the molecule is CCn1ncc(Br)c1CNC(=O)c1ccc(COc2ccc(C(C)(C)C)cc2)o1. The van der Waals surface area contributed by atoms with E-state index in [4.69, 9.17) is 9.15 Å². The Labute approximate surface area is 179 Å². The van der Waals surface area contributed by atoms with Gasteiger partial charge in [-0.1, -0.05) is 32.9 Å². The number of nitrogens with one attached hydrogen (secondary N) is 1. The molecule has 0 atom stereocenters. The second-order valence-electron chi connectivity index (χ2n) is 7.77. The lowest BCUT2D eigenvalue weighted by Gasteiger charge is -2.19. The van der Waals surface area contributed by atoms with Gasteiger partial charge in [-0.05, 0) is 58.1 Å². The molecule has 0 saturated heterocycles. The topological polar surface area (TPSA) is 69.3 Å². The number of carbonyl (C=O) groups is 1. The number of nitrogens with zero attached hydrogens (tertiary/aromatic N) is 2. The van der Waals surface area contributed by atoms with Gasteiger partial charge in [-0.2, -0.15) is 5.10 Å². The fourth-order valence-corrected chi connectivity index (χ4v) is 3.31. The summed E-state index contributed by atoms with van der Waals surface area (Å²) in [6, 6.07) is 11.4. The molecule has 0 bridgehead atoms. The van der Waals surface area contributed by atoms with E-state index in [-0.39, 0.29) is 23.7 Å². The van der Waals surface area contributed by atoms with Crippen molar-refractivity contribution in [2.75, 3.05) is 0 Å². The monoisotopic (exact) mass is 459 g/mol. The molecule has 0 unspecified atom stereocenters. The Balaban J connectivity index is 1.55. The predicted octanol–water partition coefficient (Wildman–Crippen LogP) is 5.07. The van der Waals surface area contributed by atoms with Gasteiger partial charge in [-0.3, -0.25) is 9.48 Å². The number of ether oxygens (including phenoxy) is 1. The molecule has 2 heterocycles. The van der Waals surface area contributed by atoms with E-state index in [1.807, 2.05) is 23.7 Å². The van der Waals surface area contributed by atoms with Crippen LogP contribution in [0, 0.1) is 0 Å². The highest BCUT2D eigenvalue weighted by molar-refractivity contribution is 9.10. The van der Waals surface area contributed by atoms with E-state index < -0.39 is 0 Å². The molecule has 0 radical (unpaired) electrons. The molecule has 2 aromatic heterocycles. The third-order valence-electron chi connectivity index (χ3n) is 4.60. The maximum absolute atomic E-state index is 12.4. The lowest BCUT2D eigenvalue weighted by atomic mass is 9.87. The number of carbonyl (C=O) groups excluding carboxylic acids is 1. The standard InChI is InChI=1S/C22H26BrN3O3/c1-5-26-19(18(23)12-25-26)13-24-21(27)20-11-10-17(29-20)14-28-16-8-6-15(7-9-16)22(2,3)4/h6-12H,5,13-14H2,1-4H3,(H,24,27). The Kier molecular flexibility index (Phi) is 6.47. The zero-order valence-corrected chi connectivity index (χ0v) is 18.7. The first-order valence-electron chi connectivity index (χ1n) is 9.58. The van der Waals surface area contributed by atoms with Crippen LogP contribution in [0.4, 0.5) is 0 Å². The lowest BCUT2D eigenvalue weighted by molar-refractivity contribution is 0.0918. The zero-order valence-electron chi connectivity index (χ0n) is 17.2. The van der Waals surface area contributed by atoms with Gasteiger partial charge in [0.15, 0.2) is 5.76 Å². The van der Waals surface area contributed by atoms with E-state index >= 15 is 0 Å². The van der Waals surface area contributed by atoms with Gasteiger partial charge in [0.05, 0.1) is 22.9 Å². The Morgan fingerprint density at radius 1 is 1.21 bits per heavy atom. The van der Waals surface area contributed by atoms with Gasteiger partial charge in [0.2, 0.25) is 0 Å². The summed E-state index contributed by atoms with van der Waals surface area (Å²) in [5.74, 6) is 1.33. The van der Waals surface area contributed by atoms with Crippen LogP contribution in [0.25, 0.3) is 0 Å². The van der Waals surface area contributed by atoms with Crippen molar-refractivity contribution >= 4 is 21.8 Å². The van der Waals surface area contributed by atoms with Crippen molar-refractivity contribution in [2.24, 2.45) is 0 Å². The highest BCUT2D eigenvalue weighted by atomic mass is 79.9. The average molecular weight is 460 g/mol. The second-order valence-corrected chi connectivity index (χ2v) is 8.62. The van der Waals surface area contributed by atoms with Gasteiger partial charge >= 0.3 is 0 Å². The first-order chi connectivity index (χ1) is 13.8. The fraction of sp³-hybridized carbons (Fsp3) is 0.364. The summed E-state index contributed by atoms with van der Waals surface area (Å²) in [7, 11) is 0. The van der Waals surface area contributed by atoms with Gasteiger partial charge < -0.3 is 14.5 Å². The number of furan rings is 1. The molecule has 0 saturated carbocycles. The van der Waals surface area contributed by atoms with Crippen molar-refractivity contribution in [3.8, 4) is 5.75 Å². The average Bonchev–Trinajstić information content (AvgIpc) is 3.30. The van der Waals surface area contributed by atoms with Crippen LogP contribution in [0.5, 0.6) is 5.75 Å². The van der Waals surface area contributed by atoms with E-state index in [1.54, 1.807) is 18.3 Å². The van der Waals surface area contributed by atoms with Crippen molar-refractivity contribution in [3.05, 3.63) is 69.8 Å². The molecule has 0 aliphatic rings. The van der Waals surface area contributed by atoms with Crippen molar-refractivity contribution in [2.45, 2.75) is 52.8 Å². The molecule has 6 nitrogen and oxygen atoms in total. The second kappa shape index (κ2) is 8.86. The van der Waals surface area contributed by atoms with E-state index in [2.05, 4.69) is 59.2 Å². The smallest absolute Gasteiger partial charge is 0.287 e. The van der Waals surface area contributed by atoms with Crippen molar-refractivity contribution in [1.82, 2.24) is 15.1 Å². The zero-order chi connectivity index (χ0) is 21.0. The third kappa shape index (κ3) is 5.29. The van der Waals surface area contributed by atoms with Gasteiger partial charge in [0, 0.05) is 6.54 Å². The number of benzene rings is 1. The normalized spacial score (nSPS) is 11.5. The fourth-order valence-electron chi connectivity index (χ4n) is 2.87. The third-order valence-corrected chi connectivity index (χ3v) is 5.26. The maximum Gasteiger partial charge on any atom is 0.287 e. The summed E-state index contributed by atoms with van der Waals surface area (Å²) in [6.07, 6.45) is 1.72. The van der Waals surface area contributed by atoms with E-state index in [0.29, 0.717) is 12.3 Å². The minimum Gasteiger partial charge on any atom is -0.486 e. The molecular formula is C22H26BrN3O3. The number of aryl methyl sites for hydroxylation is 1. The molecule has 1 amide bonds. The molecule has 1 aromatic carbocycles. The van der Waals surface area contributed by atoms with E-state index in [1.165, 1.54) is 5.56 Å². The van der Waals surface area contributed by atoms with Gasteiger partial charge in [-0.15, -0.1) is 0 Å². The van der Waals surface area contributed by atoms with Gasteiger partial charge in [0.1, 0.15) is 18.1 Å².